The van der Waals surface area contributed by atoms with E-state index in [2.05, 4.69) is 66.9 Å². The van der Waals surface area contributed by atoms with Gasteiger partial charge < -0.3 is 4.57 Å². The topological polar surface area (TPSA) is 17.8 Å². The molecule has 1 atom stereocenters. The summed E-state index contributed by atoms with van der Waals surface area (Å²) in [7, 11) is 0. The van der Waals surface area contributed by atoms with Gasteiger partial charge in [-0.05, 0) is 55.9 Å². The number of benzene rings is 1. The molecule has 2 heteroatoms. The summed E-state index contributed by atoms with van der Waals surface area (Å²) in [6.45, 7) is 8.75. The summed E-state index contributed by atoms with van der Waals surface area (Å²) in [5.74, 6) is 0.822. The molecule has 112 valence electrons. The van der Waals surface area contributed by atoms with Crippen LogP contribution in [0.2, 0.25) is 0 Å². The second kappa shape index (κ2) is 7.26. The zero-order chi connectivity index (χ0) is 15.2. The molecule has 0 spiro atoms. The molecule has 2 nitrogen and oxygen atoms in total. The molecule has 0 bridgehead atoms. The molecule has 1 heterocycles. The lowest BCUT2D eigenvalue weighted by molar-refractivity contribution is 0.522. The summed E-state index contributed by atoms with van der Waals surface area (Å²) < 4.78 is 2.08. The van der Waals surface area contributed by atoms with Gasteiger partial charge in [0.05, 0.1) is 12.0 Å². The molecule has 0 saturated carbocycles. The van der Waals surface area contributed by atoms with Crippen LogP contribution in [-0.4, -0.2) is 9.55 Å². The second-order valence-corrected chi connectivity index (χ2v) is 5.96. The minimum atomic E-state index is 0.822. The summed E-state index contributed by atoms with van der Waals surface area (Å²) in [6, 6.07) is 6.59. The lowest BCUT2D eigenvalue weighted by atomic mass is 10.0. The SMILES string of the molecule is CCC(C)CCC=Cc1ccc(-n2cnc(C)c2)c(C)c1. The van der Waals surface area contributed by atoms with Crippen LogP contribution in [0.25, 0.3) is 11.8 Å². The molecule has 0 amide bonds. The van der Waals surface area contributed by atoms with Gasteiger partial charge >= 0.3 is 0 Å². The Morgan fingerprint density at radius 1 is 1.29 bits per heavy atom. The molecule has 0 aliphatic carbocycles. The highest BCUT2D eigenvalue weighted by Gasteiger charge is 2.02. The van der Waals surface area contributed by atoms with Gasteiger partial charge in [-0.3, -0.25) is 0 Å². The van der Waals surface area contributed by atoms with E-state index < -0.39 is 0 Å². The highest BCUT2D eigenvalue weighted by atomic mass is 15.0. The second-order valence-electron chi connectivity index (χ2n) is 5.96. The van der Waals surface area contributed by atoms with Gasteiger partial charge in [-0.15, -0.1) is 0 Å². The van der Waals surface area contributed by atoms with Gasteiger partial charge in [0.1, 0.15) is 0 Å². The van der Waals surface area contributed by atoms with E-state index in [1.807, 2.05) is 13.3 Å². The fourth-order valence-corrected chi connectivity index (χ4v) is 2.43. The monoisotopic (exact) mass is 282 g/mol. The van der Waals surface area contributed by atoms with Gasteiger partial charge in [0.25, 0.3) is 0 Å². The standard InChI is InChI=1S/C19H26N2/c1-5-15(2)8-6-7-9-18-10-11-19(16(3)12-18)21-13-17(4)20-14-21/h7,9-15H,5-6,8H2,1-4H3. The highest BCUT2D eigenvalue weighted by Crippen LogP contribution is 2.18. The molecule has 0 aliphatic heterocycles. The van der Waals surface area contributed by atoms with Crippen LogP contribution in [0.4, 0.5) is 0 Å². The van der Waals surface area contributed by atoms with Crippen molar-refractivity contribution in [2.24, 2.45) is 5.92 Å². The quantitative estimate of drug-likeness (QED) is 0.700. The molecule has 0 saturated heterocycles. The molecular formula is C19H26N2. The van der Waals surface area contributed by atoms with Gasteiger partial charge in [-0.1, -0.05) is 38.5 Å². The number of nitrogens with zero attached hydrogens (tertiary/aromatic N) is 2. The third-order valence-corrected chi connectivity index (χ3v) is 4.04. The molecule has 0 radical (unpaired) electrons. The van der Waals surface area contributed by atoms with E-state index >= 15 is 0 Å². The van der Waals surface area contributed by atoms with Crippen LogP contribution in [0, 0.1) is 19.8 Å². The Morgan fingerprint density at radius 2 is 2.10 bits per heavy atom. The van der Waals surface area contributed by atoms with Crippen LogP contribution in [0.3, 0.4) is 0 Å². The van der Waals surface area contributed by atoms with Crippen molar-refractivity contribution < 1.29 is 0 Å². The number of aromatic nitrogens is 2. The van der Waals surface area contributed by atoms with Gasteiger partial charge in [-0.2, -0.15) is 0 Å². The summed E-state index contributed by atoms with van der Waals surface area (Å²) >= 11 is 0. The van der Waals surface area contributed by atoms with E-state index in [9.17, 15) is 0 Å². The molecule has 0 fully saturated rings. The van der Waals surface area contributed by atoms with E-state index in [0.717, 1.165) is 18.0 Å². The predicted octanol–water partition coefficient (Wildman–Crippen LogP) is 5.33. The van der Waals surface area contributed by atoms with Gasteiger partial charge in [0.15, 0.2) is 0 Å². The van der Waals surface area contributed by atoms with Crippen molar-refractivity contribution in [2.75, 3.05) is 0 Å². The number of imidazole rings is 1. The molecular weight excluding hydrogens is 256 g/mol. The van der Waals surface area contributed by atoms with Crippen molar-refractivity contribution in [1.82, 2.24) is 9.55 Å². The van der Waals surface area contributed by atoms with E-state index in [1.165, 1.54) is 29.7 Å². The molecule has 1 aromatic heterocycles. The fraction of sp³-hybridized carbons (Fsp3) is 0.421. The van der Waals surface area contributed by atoms with Crippen molar-refractivity contribution in [3.8, 4) is 5.69 Å². The summed E-state index contributed by atoms with van der Waals surface area (Å²) in [6.07, 6.45) is 12.2. The Kier molecular flexibility index (Phi) is 5.38. The van der Waals surface area contributed by atoms with E-state index in [1.54, 1.807) is 0 Å². The summed E-state index contributed by atoms with van der Waals surface area (Å²) in [5.41, 5.74) is 4.80. The Labute approximate surface area is 128 Å². The lowest BCUT2D eigenvalue weighted by Crippen LogP contribution is -1.94. The normalized spacial score (nSPS) is 13.0. The van der Waals surface area contributed by atoms with Crippen molar-refractivity contribution in [2.45, 2.75) is 47.0 Å². The minimum absolute atomic E-state index is 0.822. The zero-order valence-corrected chi connectivity index (χ0v) is 13.6. The van der Waals surface area contributed by atoms with E-state index in [0.29, 0.717) is 0 Å². The molecule has 0 aliphatic rings. The van der Waals surface area contributed by atoms with E-state index in [-0.39, 0.29) is 0 Å². The van der Waals surface area contributed by atoms with Crippen molar-refractivity contribution in [1.29, 1.82) is 0 Å². The average Bonchev–Trinajstić information content (AvgIpc) is 2.89. The first-order valence-electron chi connectivity index (χ1n) is 7.88. The fourth-order valence-electron chi connectivity index (χ4n) is 2.43. The molecule has 21 heavy (non-hydrogen) atoms. The molecule has 0 N–H and O–H groups in total. The molecule has 2 aromatic rings. The maximum Gasteiger partial charge on any atom is 0.0995 e. The van der Waals surface area contributed by atoms with E-state index in [4.69, 9.17) is 0 Å². The first kappa shape index (κ1) is 15.6. The molecule has 1 aromatic carbocycles. The smallest absolute Gasteiger partial charge is 0.0995 e. The maximum absolute atomic E-state index is 4.29. The van der Waals surface area contributed by atoms with Crippen LogP contribution in [0.1, 0.15) is 49.9 Å². The molecule has 2 rings (SSSR count). The number of aryl methyl sites for hydroxylation is 2. The van der Waals surface area contributed by atoms with Crippen molar-refractivity contribution in [3.05, 3.63) is 53.6 Å². The Bertz CT molecular complexity index is 608. The summed E-state index contributed by atoms with van der Waals surface area (Å²) in [5, 5.41) is 0. The average molecular weight is 282 g/mol. The number of hydrogen-bond donors (Lipinski definition) is 0. The molecule has 1 unspecified atom stereocenters. The zero-order valence-electron chi connectivity index (χ0n) is 13.6. The third kappa shape index (κ3) is 4.32. The number of hydrogen-bond acceptors (Lipinski definition) is 1. The first-order valence-corrected chi connectivity index (χ1v) is 7.88. The van der Waals surface area contributed by atoms with Crippen LogP contribution in [-0.2, 0) is 0 Å². The van der Waals surface area contributed by atoms with Crippen LogP contribution in [0.15, 0.2) is 36.8 Å². The highest BCUT2D eigenvalue weighted by molar-refractivity contribution is 5.55. The number of rotatable bonds is 6. The summed E-state index contributed by atoms with van der Waals surface area (Å²) in [4.78, 5) is 4.29. The maximum atomic E-state index is 4.29. The van der Waals surface area contributed by atoms with Gasteiger partial charge in [0.2, 0.25) is 0 Å². The third-order valence-electron chi connectivity index (χ3n) is 4.04. The van der Waals surface area contributed by atoms with Crippen LogP contribution in [0.5, 0.6) is 0 Å². The van der Waals surface area contributed by atoms with Gasteiger partial charge in [0, 0.05) is 11.9 Å². The van der Waals surface area contributed by atoms with Gasteiger partial charge in [-0.25, -0.2) is 4.98 Å². The Hall–Kier alpha value is -1.83. The van der Waals surface area contributed by atoms with Crippen LogP contribution >= 0.6 is 0 Å². The van der Waals surface area contributed by atoms with Crippen molar-refractivity contribution in [3.63, 3.8) is 0 Å². The Morgan fingerprint density at radius 3 is 2.71 bits per heavy atom. The van der Waals surface area contributed by atoms with Crippen molar-refractivity contribution >= 4 is 6.08 Å². The predicted molar refractivity (Wildman–Crippen MR) is 90.8 cm³/mol. The lowest BCUT2D eigenvalue weighted by Gasteiger charge is -2.08. The Balaban J connectivity index is 2.04. The largest absolute Gasteiger partial charge is 0.306 e. The minimum Gasteiger partial charge on any atom is -0.306 e. The van der Waals surface area contributed by atoms with Crippen LogP contribution < -0.4 is 0 Å². The first-order chi connectivity index (χ1) is 10.1. The number of allylic oxidation sites excluding steroid dienone is 1.